The SMILES string of the molecule is CC(C)(C)OC(=O)N1C[C@H]2CC(c3ccccc3C(F)(F)F)=C[C@H]2C1.FC(F)(F)c1ccccc1C1C[C@H]2CNC[C@H]2C1. The Labute approximate surface area is 248 Å². The first-order valence-electron chi connectivity index (χ1n) is 14.8. The van der Waals surface area contributed by atoms with E-state index >= 15 is 0 Å². The van der Waals surface area contributed by atoms with E-state index in [1.165, 1.54) is 24.3 Å². The van der Waals surface area contributed by atoms with Crippen molar-refractivity contribution in [2.24, 2.45) is 23.7 Å². The molecule has 2 aromatic rings. The van der Waals surface area contributed by atoms with Gasteiger partial charge in [0.25, 0.3) is 0 Å². The van der Waals surface area contributed by atoms with Crippen LogP contribution in [0.1, 0.15) is 68.2 Å². The summed E-state index contributed by atoms with van der Waals surface area (Å²) >= 11 is 0. The number of halogens is 6. The first-order valence-corrected chi connectivity index (χ1v) is 14.8. The van der Waals surface area contributed by atoms with E-state index in [1.54, 1.807) is 23.1 Å². The third-order valence-electron chi connectivity index (χ3n) is 8.98. The quantitative estimate of drug-likeness (QED) is 0.348. The maximum Gasteiger partial charge on any atom is 0.416 e. The van der Waals surface area contributed by atoms with Gasteiger partial charge in [-0.1, -0.05) is 42.5 Å². The number of nitrogens with zero attached hydrogens (tertiary/aromatic N) is 1. The average Bonchev–Trinajstić information content (AvgIpc) is 3.67. The van der Waals surface area contributed by atoms with Crippen molar-refractivity contribution in [1.82, 2.24) is 10.2 Å². The summed E-state index contributed by atoms with van der Waals surface area (Å²) < 4.78 is 84.0. The Kier molecular flexibility index (Phi) is 8.64. The minimum Gasteiger partial charge on any atom is -0.444 e. The van der Waals surface area contributed by atoms with Gasteiger partial charge < -0.3 is 15.0 Å². The van der Waals surface area contributed by atoms with Crippen LogP contribution in [-0.4, -0.2) is 42.8 Å². The number of fused-ring (bicyclic) bond motifs is 2. The number of alkyl halides is 6. The number of hydrogen-bond donors (Lipinski definition) is 1. The normalized spacial score (nSPS) is 26.9. The molecule has 2 aromatic carbocycles. The third-order valence-corrected chi connectivity index (χ3v) is 8.98. The van der Waals surface area contributed by atoms with E-state index in [0.29, 0.717) is 36.9 Å². The topological polar surface area (TPSA) is 41.6 Å². The second-order valence-corrected chi connectivity index (χ2v) is 13.2. The molecule has 5 atom stereocenters. The summed E-state index contributed by atoms with van der Waals surface area (Å²) in [6.07, 6.45) is -4.70. The fourth-order valence-corrected chi connectivity index (χ4v) is 7.13. The van der Waals surface area contributed by atoms with Gasteiger partial charge in [-0.05, 0) is 112 Å². The van der Waals surface area contributed by atoms with Gasteiger partial charge in [0.05, 0.1) is 11.1 Å². The Balaban J connectivity index is 0.000000180. The molecule has 2 saturated heterocycles. The molecule has 2 aliphatic carbocycles. The molecule has 3 fully saturated rings. The lowest BCUT2D eigenvalue weighted by atomic mass is 9.91. The minimum absolute atomic E-state index is 0.0833. The molecule has 4 aliphatic rings. The highest BCUT2D eigenvalue weighted by atomic mass is 19.4. The Morgan fingerprint density at radius 3 is 1.98 bits per heavy atom. The zero-order chi connectivity index (χ0) is 31.2. The summed E-state index contributed by atoms with van der Waals surface area (Å²) in [6, 6.07) is 11.8. The molecular formula is C33H38F6N2O2. The van der Waals surface area contributed by atoms with Crippen molar-refractivity contribution in [2.45, 2.75) is 63.9 Å². The fourth-order valence-electron chi connectivity index (χ4n) is 7.13. The molecule has 0 aromatic heterocycles. The molecule has 0 spiro atoms. The lowest BCUT2D eigenvalue weighted by Gasteiger charge is -2.24. The molecule has 0 bridgehead atoms. The maximum absolute atomic E-state index is 13.2. The molecule has 4 nitrogen and oxygen atoms in total. The first kappa shape index (κ1) is 31.4. The first-order chi connectivity index (χ1) is 20.1. The van der Waals surface area contributed by atoms with Crippen LogP contribution in [0.3, 0.4) is 0 Å². The van der Waals surface area contributed by atoms with Crippen LogP contribution in [-0.2, 0) is 17.1 Å². The molecule has 1 N–H and O–H groups in total. The van der Waals surface area contributed by atoms with Crippen molar-refractivity contribution in [3.05, 3.63) is 76.9 Å². The van der Waals surface area contributed by atoms with Gasteiger partial charge in [0.2, 0.25) is 0 Å². The molecule has 234 valence electrons. The number of hydrogen-bond acceptors (Lipinski definition) is 3. The van der Waals surface area contributed by atoms with Crippen LogP contribution < -0.4 is 5.32 Å². The zero-order valence-corrected chi connectivity index (χ0v) is 24.6. The van der Waals surface area contributed by atoms with Crippen molar-refractivity contribution in [3.63, 3.8) is 0 Å². The van der Waals surface area contributed by atoms with Crippen molar-refractivity contribution in [2.75, 3.05) is 26.2 Å². The number of nitrogens with one attached hydrogen (secondary N) is 1. The zero-order valence-electron chi connectivity index (χ0n) is 24.6. The molecule has 1 amide bonds. The number of ether oxygens (including phenoxy) is 1. The van der Waals surface area contributed by atoms with E-state index in [2.05, 4.69) is 5.32 Å². The fraction of sp³-hybridized carbons (Fsp3) is 0.545. The molecule has 10 heteroatoms. The van der Waals surface area contributed by atoms with Gasteiger partial charge >= 0.3 is 18.4 Å². The smallest absolute Gasteiger partial charge is 0.416 e. The lowest BCUT2D eigenvalue weighted by Crippen LogP contribution is -2.35. The predicted octanol–water partition coefficient (Wildman–Crippen LogP) is 8.39. The summed E-state index contributed by atoms with van der Waals surface area (Å²) in [4.78, 5) is 13.8. The van der Waals surface area contributed by atoms with Gasteiger partial charge in [0, 0.05) is 13.1 Å². The van der Waals surface area contributed by atoms with Gasteiger partial charge in [-0.2, -0.15) is 26.3 Å². The second-order valence-electron chi connectivity index (χ2n) is 13.2. The van der Waals surface area contributed by atoms with E-state index in [0.717, 1.165) is 37.6 Å². The van der Waals surface area contributed by atoms with Crippen LogP contribution in [0, 0.1) is 23.7 Å². The monoisotopic (exact) mass is 608 g/mol. The van der Waals surface area contributed by atoms with Gasteiger partial charge in [-0.3, -0.25) is 0 Å². The number of amides is 1. The number of rotatable bonds is 2. The van der Waals surface area contributed by atoms with Crippen molar-refractivity contribution in [3.8, 4) is 0 Å². The van der Waals surface area contributed by atoms with Crippen LogP contribution in [0.25, 0.3) is 5.57 Å². The predicted molar refractivity (Wildman–Crippen MR) is 152 cm³/mol. The van der Waals surface area contributed by atoms with Crippen LogP contribution in [0.15, 0.2) is 54.6 Å². The number of allylic oxidation sites excluding steroid dienone is 1. The highest BCUT2D eigenvalue weighted by molar-refractivity contribution is 5.73. The van der Waals surface area contributed by atoms with Gasteiger partial charge in [0.1, 0.15) is 5.60 Å². The molecule has 6 rings (SSSR count). The third kappa shape index (κ3) is 7.21. The molecule has 2 aliphatic heterocycles. The molecule has 2 heterocycles. The number of likely N-dealkylation sites (tertiary alicyclic amines) is 1. The molecule has 43 heavy (non-hydrogen) atoms. The average molecular weight is 609 g/mol. The number of benzene rings is 2. The van der Waals surface area contributed by atoms with Crippen molar-refractivity contribution in [1.29, 1.82) is 0 Å². The van der Waals surface area contributed by atoms with E-state index in [-0.39, 0.29) is 29.4 Å². The van der Waals surface area contributed by atoms with Gasteiger partial charge in [-0.25, -0.2) is 4.79 Å². The summed E-state index contributed by atoms with van der Waals surface area (Å²) in [7, 11) is 0. The Morgan fingerprint density at radius 1 is 0.814 bits per heavy atom. The largest absolute Gasteiger partial charge is 0.444 e. The molecular weight excluding hydrogens is 570 g/mol. The second kappa shape index (κ2) is 11.8. The summed E-state index contributed by atoms with van der Waals surface area (Å²) in [5, 5.41) is 3.32. The summed E-state index contributed by atoms with van der Waals surface area (Å²) in [5.74, 6) is 1.46. The van der Waals surface area contributed by atoms with Crippen LogP contribution in [0.4, 0.5) is 31.1 Å². The lowest BCUT2D eigenvalue weighted by molar-refractivity contribution is -0.139. The van der Waals surface area contributed by atoms with Gasteiger partial charge in [0.15, 0.2) is 0 Å². The minimum atomic E-state index is -4.36. The van der Waals surface area contributed by atoms with Crippen LogP contribution in [0.5, 0.6) is 0 Å². The van der Waals surface area contributed by atoms with E-state index in [1.807, 2.05) is 26.8 Å². The Morgan fingerprint density at radius 2 is 1.40 bits per heavy atom. The standard InChI is InChI=1S/C19H22F3NO2.C14H16F3N/c1-18(2,3)25-17(24)23-10-13-8-12(9-14(13)11-23)15-6-4-5-7-16(15)19(20,21)22;15-14(16,17)13-4-2-1-3-12(13)9-5-10-7-18-8-11(10)6-9/h4-8,13-14H,9-11H2,1-3H3;1-4,9-11,18H,5-8H2/t13-,14+;9?,10-,11+/m0./s1. The van der Waals surface area contributed by atoms with E-state index in [9.17, 15) is 31.1 Å². The van der Waals surface area contributed by atoms with Crippen LogP contribution in [0.2, 0.25) is 0 Å². The highest BCUT2D eigenvalue weighted by Gasteiger charge is 2.43. The summed E-state index contributed by atoms with van der Waals surface area (Å²) in [5.41, 5.74) is -0.103. The van der Waals surface area contributed by atoms with E-state index < -0.39 is 29.1 Å². The van der Waals surface area contributed by atoms with Crippen molar-refractivity contribution >= 4 is 11.7 Å². The maximum atomic E-state index is 13.2. The molecule has 0 radical (unpaired) electrons. The number of carbonyl (C=O) groups excluding carboxylic acids is 1. The van der Waals surface area contributed by atoms with Crippen molar-refractivity contribution < 1.29 is 35.9 Å². The molecule has 1 unspecified atom stereocenters. The Bertz CT molecular complexity index is 1330. The van der Waals surface area contributed by atoms with Gasteiger partial charge in [-0.15, -0.1) is 0 Å². The Hall–Kier alpha value is -3.01. The van der Waals surface area contributed by atoms with Crippen LogP contribution >= 0.6 is 0 Å². The molecule has 1 saturated carbocycles. The summed E-state index contributed by atoms with van der Waals surface area (Å²) in [6.45, 7) is 8.39. The van der Waals surface area contributed by atoms with E-state index in [4.69, 9.17) is 4.74 Å². The number of carbonyl (C=O) groups is 1. The highest BCUT2D eigenvalue weighted by Crippen LogP contribution is 2.47.